The second kappa shape index (κ2) is 8.44. The van der Waals surface area contributed by atoms with Crippen LogP contribution in [0.4, 0.5) is 10.5 Å². The number of hydrogen-bond donors (Lipinski definition) is 2. The Bertz CT molecular complexity index is 636. The number of ether oxygens (including phenoxy) is 1. The molecule has 0 saturated carbocycles. The minimum Gasteiger partial charge on any atom is -0.494 e. The Balaban J connectivity index is 1.71. The number of carbonyl (C=O) groups is 1. The number of benzene rings is 2. The van der Waals surface area contributed by atoms with Gasteiger partial charge in [-0.05, 0) is 49.6 Å². The molecule has 0 fully saturated rings. The molecule has 0 aliphatic carbocycles. The zero-order valence-corrected chi connectivity index (χ0v) is 14.1. The van der Waals surface area contributed by atoms with Crippen LogP contribution in [0.3, 0.4) is 0 Å². The molecule has 0 spiro atoms. The Morgan fingerprint density at radius 2 is 1.91 bits per heavy atom. The van der Waals surface area contributed by atoms with Crippen molar-refractivity contribution in [2.75, 3.05) is 18.5 Å². The fraction of sp³-hybridized carbons (Fsp3) is 0.278. The van der Waals surface area contributed by atoms with Gasteiger partial charge in [-0.25, -0.2) is 4.79 Å². The van der Waals surface area contributed by atoms with E-state index in [4.69, 9.17) is 16.3 Å². The van der Waals surface area contributed by atoms with E-state index in [1.165, 1.54) is 0 Å². The molecule has 2 aromatic rings. The number of anilines is 1. The topological polar surface area (TPSA) is 50.4 Å². The first-order chi connectivity index (χ1) is 11.1. The number of aryl methyl sites for hydroxylation is 2. The van der Waals surface area contributed by atoms with Crippen LogP contribution >= 0.6 is 11.6 Å². The summed E-state index contributed by atoms with van der Waals surface area (Å²) in [7, 11) is 0. The molecule has 0 heterocycles. The summed E-state index contributed by atoms with van der Waals surface area (Å²) < 4.78 is 5.56. The molecule has 0 atom stereocenters. The summed E-state index contributed by atoms with van der Waals surface area (Å²) >= 11 is 6.17. The monoisotopic (exact) mass is 332 g/mol. The molecule has 5 heteroatoms. The van der Waals surface area contributed by atoms with Crippen LogP contribution in [-0.2, 0) is 0 Å². The van der Waals surface area contributed by atoms with E-state index in [1.54, 1.807) is 0 Å². The maximum absolute atomic E-state index is 11.9. The average molecular weight is 333 g/mol. The molecule has 2 amide bonds. The molecule has 0 radical (unpaired) electrons. The summed E-state index contributed by atoms with van der Waals surface area (Å²) in [6.45, 7) is 4.97. The summed E-state index contributed by atoms with van der Waals surface area (Å²) in [6.07, 6.45) is 0.725. The summed E-state index contributed by atoms with van der Waals surface area (Å²) in [6, 6.07) is 13.1. The molecule has 0 aromatic heterocycles. The molecule has 2 N–H and O–H groups in total. The normalized spacial score (nSPS) is 10.2. The van der Waals surface area contributed by atoms with Gasteiger partial charge in [-0.1, -0.05) is 35.9 Å². The van der Waals surface area contributed by atoms with E-state index < -0.39 is 0 Å². The molecule has 0 aliphatic rings. The van der Waals surface area contributed by atoms with Crippen molar-refractivity contribution in [3.05, 3.63) is 58.6 Å². The van der Waals surface area contributed by atoms with Gasteiger partial charge in [0.1, 0.15) is 5.75 Å². The van der Waals surface area contributed by atoms with Crippen LogP contribution in [0.15, 0.2) is 42.5 Å². The fourth-order valence-electron chi connectivity index (χ4n) is 2.21. The fourth-order valence-corrected chi connectivity index (χ4v) is 2.58. The van der Waals surface area contributed by atoms with Gasteiger partial charge in [-0.3, -0.25) is 0 Å². The number of carbonyl (C=O) groups excluding carboxylic acids is 1. The third-order valence-electron chi connectivity index (χ3n) is 3.29. The van der Waals surface area contributed by atoms with E-state index in [0.717, 1.165) is 23.3 Å². The van der Waals surface area contributed by atoms with Crippen LogP contribution < -0.4 is 15.4 Å². The zero-order valence-electron chi connectivity index (χ0n) is 13.4. The Hall–Kier alpha value is -2.20. The number of hydrogen-bond acceptors (Lipinski definition) is 2. The summed E-state index contributed by atoms with van der Waals surface area (Å²) in [4.78, 5) is 11.9. The van der Waals surface area contributed by atoms with Gasteiger partial charge in [0.2, 0.25) is 0 Å². The van der Waals surface area contributed by atoms with Gasteiger partial charge >= 0.3 is 6.03 Å². The van der Waals surface area contributed by atoms with Crippen molar-refractivity contribution < 1.29 is 9.53 Å². The number of nitrogens with one attached hydrogen (secondary N) is 2. The van der Waals surface area contributed by atoms with Crippen molar-refractivity contribution in [2.45, 2.75) is 20.3 Å². The lowest BCUT2D eigenvalue weighted by atomic mass is 10.1. The van der Waals surface area contributed by atoms with E-state index in [9.17, 15) is 4.79 Å². The van der Waals surface area contributed by atoms with Gasteiger partial charge in [0, 0.05) is 6.54 Å². The SMILES string of the molecule is Cc1cc(C)c(NC(=O)NCCCOc2ccccc2)c(Cl)c1. The largest absolute Gasteiger partial charge is 0.494 e. The molecule has 23 heavy (non-hydrogen) atoms. The lowest BCUT2D eigenvalue weighted by Crippen LogP contribution is -2.30. The highest BCUT2D eigenvalue weighted by Crippen LogP contribution is 2.27. The van der Waals surface area contributed by atoms with Crippen LogP contribution in [0.2, 0.25) is 5.02 Å². The van der Waals surface area contributed by atoms with Crippen LogP contribution in [-0.4, -0.2) is 19.2 Å². The number of urea groups is 1. The summed E-state index contributed by atoms with van der Waals surface area (Å²) in [5, 5.41) is 6.14. The predicted octanol–water partition coefficient (Wildman–Crippen LogP) is 4.55. The van der Waals surface area contributed by atoms with E-state index >= 15 is 0 Å². The first-order valence-electron chi connectivity index (χ1n) is 7.55. The van der Waals surface area contributed by atoms with Gasteiger partial charge in [0.25, 0.3) is 0 Å². The standard InChI is InChI=1S/C18H21ClN2O2/c1-13-11-14(2)17(16(19)12-13)21-18(22)20-9-6-10-23-15-7-4-3-5-8-15/h3-5,7-8,11-12H,6,9-10H2,1-2H3,(H2,20,21,22). The number of amides is 2. The average Bonchev–Trinajstić information content (AvgIpc) is 2.51. The van der Waals surface area contributed by atoms with Gasteiger partial charge < -0.3 is 15.4 Å². The van der Waals surface area contributed by atoms with Crippen molar-refractivity contribution in [1.82, 2.24) is 5.32 Å². The van der Waals surface area contributed by atoms with Crippen LogP contribution in [0.25, 0.3) is 0 Å². The predicted molar refractivity (Wildman–Crippen MR) is 94.5 cm³/mol. The highest BCUT2D eigenvalue weighted by Gasteiger charge is 2.08. The molecule has 2 rings (SSSR count). The van der Waals surface area contributed by atoms with Gasteiger partial charge in [0.15, 0.2) is 0 Å². The molecule has 0 unspecified atom stereocenters. The molecular weight excluding hydrogens is 312 g/mol. The second-order valence-electron chi connectivity index (χ2n) is 5.33. The number of para-hydroxylation sites is 1. The van der Waals surface area contributed by atoms with Crippen molar-refractivity contribution in [3.8, 4) is 5.75 Å². The minimum absolute atomic E-state index is 0.265. The van der Waals surface area contributed by atoms with Crippen molar-refractivity contribution in [3.63, 3.8) is 0 Å². The third kappa shape index (κ3) is 5.49. The highest BCUT2D eigenvalue weighted by molar-refractivity contribution is 6.34. The lowest BCUT2D eigenvalue weighted by Gasteiger charge is -2.12. The molecule has 0 aliphatic heterocycles. The second-order valence-corrected chi connectivity index (χ2v) is 5.74. The van der Waals surface area contributed by atoms with Crippen LogP contribution in [0.5, 0.6) is 5.75 Å². The molecule has 2 aromatic carbocycles. The molecule has 122 valence electrons. The summed E-state index contributed by atoms with van der Waals surface area (Å²) in [5.41, 5.74) is 2.66. The third-order valence-corrected chi connectivity index (χ3v) is 3.59. The molecule has 0 bridgehead atoms. The maximum atomic E-state index is 11.9. The van der Waals surface area contributed by atoms with Crippen molar-refractivity contribution in [1.29, 1.82) is 0 Å². The van der Waals surface area contributed by atoms with Crippen molar-refractivity contribution >= 4 is 23.3 Å². The molecule has 4 nitrogen and oxygen atoms in total. The smallest absolute Gasteiger partial charge is 0.319 e. The maximum Gasteiger partial charge on any atom is 0.319 e. The zero-order chi connectivity index (χ0) is 16.7. The van der Waals surface area contributed by atoms with E-state index in [0.29, 0.717) is 23.9 Å². The van der Waals surface area contributed by atoms with E-state index in [-0.39, 0.29) is 6.03 Å². The Labute approximate surface area is 141 Å². The minimum atomic E-state index is -0.265. The van der Waals surface area contributed by atoms with Gasteiger partial charge in [0.05, 0.1) is 17.3 Å². The summed E-state index contributed by atoms with van der Waals surface area (Å²) in [5.74, 6) is 0.832. The Kier molecular flexibility index (Phi) is 6.29. The number of halogens is 1. The van der Waals surface area contributed by atoms with Crippen LogP contribution in [0.1, 0.15) is 17.5 Å². The highest BCUT2D eigenvalue weighted by atomic mass is 35.5. The first-order valence-corrected chi connectivity index (χ1v) is 7.93. The number of rotatable bonds is 6. The van der Waals surface area contributed by atoms with Crippen molar-refractivity contribution in [2.24, 2.45) is 0 Å². The lowest BCUT2D eigenvalue weighted by molar-refractivity contribution is 0.250. The molecular formula is C18H21ClN2O2. The van der Waals surface area contributed by atoms with E-state index in [2.05, 4.69) is 10.6 Å². The van der Waals surface area contributed by atoms with Gasteiger partial charge in [-0.15, -0.1) is 0 Å². The van der Waals surface area contributed by atoms with Gasteiger partial charge in [-0.2, -0.15) is 0 Å². The van der Waals surface area contributed by atoms with E-state index in [1.807, 2.05) is 56.3 Å². The first kappa shape index (κ1) is 17.2. The quantitative estimate of drug-likeness (QED) is 0.762. The molecule has 0 saturated heterocycles. The Morgan fingerprint density at radius 1 is 1.17 bits per heavy atom. The Morgan fingerprint density at radius 3 is 2.61 bits per heavy atom. The van der Waals surface area contributed by atoms with Crippen LogP contribution in [0, 0.1) is 13.8 Å².